The number of carbonyl (C=O) groups is 1. The topological polar surface area (TPSA) is 97.4 Å². The molecule has 9 heteroatoms. The number of nitrogens with one attached hydrogen (secondary N) is 1. The van der Waals surface area contributed by atoms with Gasteiger partial charge in [-0.15, -0.1) is 0 Å². The van der Waals surface area contributed by atoms with Gasteiger partial charge in [-0.3, -0.25) is 4.79 Å². The molecule has 0 radical (unpaired) electrons. The summed E-state index contributed by atoms with van der Waals surface area (Å²) in [6.07, 6.45) is 0.0696. The van der Waals surface area contributed by atoms with Crippen LogP contribution >= 0.6 is 0 Å². The van der Waals surface area contributed by atoms with Crippen molar-refractivity contribution < 1.29 is 26.0 Å². The van der Waals surface area contributed by atoms with E-state index in [0.29, 0.717) is 0 Å². The molecule has 0 bridgehead atoms. The lowest BCUT2D eigenvalue weighted by Gasteiger charge is -2.11. The molecular weight excluding hydrogens is 381 g/mol. The number of hydrogen-bond acceptors (Lipinski definition) is 5. The minimum absolute atomic E-state index is 0.0189. The molecule has 2 aromatic rings. The highest BCUT2D eigenvalue weighted by atomic mass is 32.2. The molecular formula is C17H16FNO5S2. The van der Waals surface area contributed by atoms with Crippen LogP contribution in [0.25, 0.3) is 0 Å². The molecule has 0 spiro atoms. The number of benzene rings is 2. The molecule has 3 rings (SSSR count). The van der Waals surface area contributed by atoms with E-state index in [1.54, 1.807) is 6.07 Å². The lowest BCUT2D eigenvalue weighted by atomic mass is 10.2. The number of para-hydroxylation sites is 1. The summed E-state index contributed by atoms with van der Waals surface area (Å²) in [6, 6.07) is 10.8. The zero-order valence-corrected chi connectivity index (χ0v) is 15.2. The van der Waals surface area contributed by atoms with E-state index < -0.39 is 36.6 Å². The third-order valence-corrected chi connectivity index (χ3v) is 8.38. The van der Waals surface area contributed by atoms with Crippen molar-refractivity contribution in [2.24, 2.45) is 0 Å². The van der Waals surface area contributed by atoms with Crippen LogP contribution in [-0.2, 0) is 19.7 Å². The number of anilines is 1. The Balaban J connectivity index is 1.78. The first-order valence-corrected chi connectivity index (χ1v) is 11.2. The van der Waals surface area contributed by atoms with Gasteiger partial charge in [0.25, 0.3) is 5.91 Å². The van der Waals surface area contributed by atoms with E-state index in [1.807, 2.05) is 0 Å². The van der Waals surface area contributed by atoms with Crippen LogP contribution in [0.1, 0.15) is 16.8 Å². The lowest BCUT2D eigenvalue weighted by molar-refractivity contribution is 0.102. The minimum Gasteiger partial charge on any atom is -0.319 e. The first kappa shape index (κ1) is 18.5. The van der Waals surface area contributed by atoms with Crippen LogP contribution in [-0.4, -0.2) is 39.5 Å². The molecule has 1 aliphatic rings. The maximum absolute atomic E-state index is 13.6. The Morgan fingerprint density at radius 1 is 1.08 bits per heavy atom. The number of amides is 1. The Bertz CT molecular complexity index is 1050. The molecule has 1 unspecified atom stereocenters. The van der Waals surface area contributed by atoms with Gasteiger partial charge in [0.2, 0.25) is 0 Å². The SMILES string of the molecule is O=C(Nc1ccccc1F)c1ccc(S(=O)(=O)C2CCS(=O)(=O)C2)cc1. The van der Waals surface area contributed by atoms with Crippen LogP contribution in [0.5, 0.6) is 0 Å². The summed E-state index contributed by atoms with van der Waals surface area (Å²) >= 11 is 0. The van der Waals surface area contributed by atoms with Crippen molar-refractivity contribution in [2.45, 2.75) is 16.6 Å². The highest BCUT2D eigenvalue weighted by molar-refractivity contribution is 7.96. The third-order valence-electron chi connectivity index (χ3n) is 4.20. The van der Waals surface area contributed by atoms with Gasteiger partial charge in [-0.05, 0) is 42.8 Å². The van der Waals surface area contributed by atoms with Crippen LogP contribution in [0.4, 0.5) is 10.1 Å². The Labute approximate surface area is 150 Å². The van der Waals surface area contributed by atoms with Gasteiger partial charge in [-0.25, -0.2) is 21.2 Å². The van der Waals surface area contributed by atoms with E-state index in [-0.39, 0.29) is 34.1 Å². The zero-order chi connectivity index (χ0) is 18.9. The standard InChI is InChI=1S/C17H16FNO5S2/c18-15-3-1-2-4-16(15)19-17(20)12-5-7-13(8-6-12)26(23,24)14-9-10-25(21,22)11-14/h1-8,14H,9-11H2,(H,19,20). The Kier molecular flexibility index (Phi) is 4.85. The second kappa shape index (κ2) is 6.81. The fourth-order valence-corrected chi connectivity index (χ4v) is 7.11. The first-order chi connectivity index (χ1) is 12.2. The van der Waals surface area contributed by atoms with Gasteiger partial charge in [0.1, 0.15) is 5.82 Å². The summed E-state index contributed by atoms with van der Waals surface area (Å²) < 4.78 is 61.7. The van der Waals surface area contributed by atoms with Crippen LogP contribution in [0.15, 0.2) is 53.4 Å². The van der Waals surface area contributed by atoms with E-state index in [0.717, 1.165) is 0 Å². The first-order valence-electron chi connectivity index (χ1n) is 7.79. The highest BCUT2D eigenvalue weighted by Crippen LogP contribution is 2.25. The van der Waals surface area contributed by atoms with Gasteiger partial charge in [0, 0.05) is 5.56 Å². The number of sulfone groups is 2. The summed E-state index contributed by atoms with van der Waals surface area (Å²) in [6.45, 7) is 0. The van der Waals surface area contributed by atoms with Crippen LogP contribution in [0.3, 0.4) is 0 Å². The minimum atomic E-state index is -3.79. The maximum atomic E-state index is 13.6. The largest absolute Gasteiger partial charge is 0.319 e. The Morgan fingerprint density at radius 3 is 2.31 bits per heavy atom. The lowest BCUT2D eigenvalue weighted by Crippen LogP contribution is -2.23. The van der Waals surface area contributed by atoms with E-state index >= 15 is 0 Å². The van der Waals surface area contributed by atoms with Gasteiger partial charge in [-0.2, -0.15) is 0 Å². The third kappa shape index (κ3) is 3.78. The molecule has 1 amide bonds. The van der Waals surface area contributed by atoms with Gasteiger partial charge in [-0.1, -0.05) is 12.1 Å². The summed E-state index contributed by atoms with van der Waals surface area (Å²) in [5.74, 6) is -1.68. The normalized spacial score (nSPS) is 19.2. The predicted molar refractivity (Wildman–Crippen MR) is 95.0 cm³/mol. The van der Waals surface area contributed by atoms with Crippen molar-refractivity contribution in [2.75, 3.05) is 16.8 Å². The molecule has 1 atom stereocenters. The average molecular weight is 397 g/mol. The van der Waals surface area contributed by atoms with Crippen molar-refractivity contribution in [3.63, 3.8) is 0 Å². The zero-order valence-electron chi connectivity index (χ0n) is 13.6. The number of hydrogen-bond donors (Lipinski definition) is 1. The van der Waals surface area contributed by atoms with Crippen molar-refractivity contribution in [1.29, 1.82) is 0 Å². The van der Waals surface area contributed by atoms with Crippen molar-refractivity contribution in [1.82, 2.24) is 0 Å². The van der Waals surface area contributed by atoms with Crippen molar-refractivity contribution in [3.8, 4) is 0 Å². The van der Waals surface area contributed by atoms with Gasteiger partial charge in [0.05, 0.1) is 27.3 Å². The van der Waals surface area contributed by atoms with Gasteiger partial charge in [0.15, 0.2) is 19.7 Å². The quantitative estimate of drug-likeness (QED) is 0.851. The summed E-state index contributed by atoms with van der Waals surface area (Å²) in [7, 11) is -7.11. The van der Waals surface area contributed by atoms with E-state index in [2.05, 4.69) is 5.32 Å². The van der Waals surface area contributed by atoms with E-state index in [1.165, 1.54) is 42.5 Å². The Hall–Kier alpha value is -2.26. The molecule has 1 saturated heterocycles. The molecule has 0 saturated carbocycles. The van der Waals surface area contributed by atoms with Gasteiger partial charge < -0.3 is 5.32 Å². The molecule has 26 heavy (non-hydrogen) atoms. The van der Waals surface area contributed by atoms with Crippen LogP contribution in [0.2, 0.25) is 0 Å². The second-order valence-electron chi connectivity index (χ2n) is 6.03. The summed E-state index contributed by atoms with van der Waals surface area (Å²) in [5.41, 5.74) is 0.177. The number of rotatable bonds is 4. The smallest absolute Gasteiger partial charge is 0.255 e. The fraction of sp³-hybridized carbons (Fsp3) is 0.235. The molecule has 0 aliphatic carbocycles. The van der Waals surface area contributed by atoms with E-state index in [4.69, 9.17) is 0 Å². The molecule has 138 valence electrons. The molecule has 1 heterocycles. The van der Waals surface area contributed by atoms with Crippen molar-refractivity contribution >= 4 is 31.3 Å². The highest BCUT2D eigenvalue weighted by Gasteiger charge is 2.37. The fourth-order valence-electron chi connectivity index (χ4n) is 2.75. The van der Waals surface area contributed by atoms with Crippen LogP contribution in [0, 0.1) is 5.82 Å². The molecule has 2 aromatic carbocycles. The molecule has 1 N–H and O–H groups in total. The molecule has 1 aliphatic heterocycles. The molecule has 0 aromatic heterocycles. The van der Waals surface area contributed by atoms with E-state index in [9.17, 15) is 26.0 Å². The van der Waals surface area contributed by atoms with Crippen LogP contribution < -0.4 is 5.32 Å². The summed E-state index contributed by atoms with van der Waals surface area (Å²) in [5, 5.41) is 1.44. The number of halogens is 1. The Morgan fingerprint density at radius 2 is 1.73 bits per heavy atom. The molecule has 1 fully saturated rings. The maximum Gasteiger partial charge on any atom is 0.255 e. The van der Waals surface area contributed by atoms with Gasteiger partial charge >= 0.3 is 0 Å². The molecule has 6 nitrogen and oxygen atoms in total. The number of carbonyl (C=O) groups excluding carboxylic acids is 1. The summed E-state index contributed by atoms with van der Waals surface area (Å²) in [4.78, 5) is 12.1. The monoisotopic (exact) mass is 397 g/mol. The second-order valence-corrected chi connectivity index (χ2v) is 10.5. The average Bonchev–Trinajstić information content (AvgIpc) is 2.98. The predicted octanol–water partition coefficient (Wildman–Crippen LogP) is 2.04. The van der Waals surface area contributed by atoms with Crippen molar-refractivity contribution in [3.05, 3.63) is 59.9 Å².